The van der Waals surface area contributed by atoms with Crippen molar-refractivity contribution in [3.8, 4) is 0 Å². The fraction of sp³-hybridized carbons (Fsp3) is 0.273. The molecule has 0 aliphatic rings. The summed E-state index contributed by atoms with van der Waals surface area (Å²) in [5.41, 5.74) is 5.29. The van der Waals surface area contributed by atoms with Crippen LogP contribution in [0, 0.1) is 5.89 Å². The summed E-state index contributed by atoms with van der Waals surface area (Å²) < 4.78 is 22.7. The zero-order valence-corrected chi connectivity index (χ0v) is 9.21. The molecule has 0 amide bonds. The maximum atomic E-state index is 12.1. The first-order chi connectivity index (χ1) is 8.51. The summed E-state index contributed by atoms with van der Waals surface area (Å²) in [7, 11) is 0. The molecular weight excluding hydrogens is 230 g/mol. The number of carbonyl (C=O) groups excluding carboxylic acids is 1. The molecule has 0 aliphatic carbocycles. The zero-order valence-electron chi connectivity index (χ0n) is 11.5. The second-order valence-electron chi connectivity index (χ2n) is 3.12. The van der Waals surface area contributed by atoms with E-state index in [9.17, 15) is 9.59 Å². The van der Waals surface area contributed by atoms with Gasteiger partial charge in [-0.1, -0.05) is 18.5 Å². The number of Topliss-reactive ketones (excluding diaryl/α,β-unsaturated/α-hetero) is 1. The number of carboxylic acid groups (broad SMARTS) is 1. The number of aliphatic carboxylic acids is 1. The number of hydrogen-bond acceptors (Lipinski definition) is 3. The van der Waals surface area contributed by atoms with Crippen molar-refractivity contribution in [2.75, 3.05) is 5.73 Å². The van der Waals surface area contributed by atoms with E-state index in [2.05, 4.69) is 0 Å². The van der Waals surface area contributed by atoms with Gasteiger partial charge in [0.05, 0.1) is 5.89 Å². The maximum Gasteiger partial charge on any atom is 0.306 e. The molecule has 0 spiro atoms. The minimum atomic E-state index is -2.93. The lowest BCUT2D eigenvalue weighted by Crippen LogP contribution is -2.15. The number of nitrogens with two attached hydrogens (primary N) is 1. The van der Waals surface area contributed by atoms with E-state index in [0.717, 1.165) is 6.92 Å². The second-order valence-corrected chi connectivity index (χ2v) is 3.55. The van der Waals surface area contributed by atoms with E-state index in [1.807, 2.05) is 0 Å². The fourth-order valence-corrected chi connectivity index (χ4v) is 1.21. The molecule has 1 aromatic rings. The zero-order chi connectivity index (χ0) is 15.0. The van der Waals surface area contributed by atoms with Gasteiger partial charge in [0.1, 0.15) is 0 Å². The first kappa shape index (κ1) is 8.58. The molecule has 0 bridgehead atoms. The Hall–Kier alpha value is -1.55. The van der Waals surface area contributed by atoms with Gasteiger partial charge in [0.15, 0.2) is 5.78 Å². The molecule has 1 rings (SSSR count). The molecule has 0 aromatic heterocycles. The summed E-state index contributed by atoms with van der Waals surface area (Å²) in [5.74, 6) is -5.53. The van der Waals surface area contributed by atoms with Crippen LogP contribution in [-0.4, -0.2) is 16.9 Å². The van der Waals surface area contributed by atoms with Crippen LogP contribution in [0.1, 0.15) is 27.8 Å². The first-order valence-electron chi connectivity index (χ1n) is 5.85. The van der Waals surface area contributed by atoms with E-state index in [4.69, 9.17) is 26.6 Å². The molecule has 0 fully saturated rings. The van der Waals surface area contributed by atoms with Gasteiger partial charge in [0.2, 0.25) is 0 Å². The van der Waals surface area contributed by atoms with E-state index >= 15 is 0 Å². The molecule has 0 saturated carbocycles. The molecule has 1 aromatic carbocycles. The fourth-order valence-electron chi connectivity index (χ4n) is 1.03. The minimum absolute atomic E-state index is 0.0671. The van der Waals surface area contributed by atoms with Crippen LogP contribution in [0.4, 0.5) is 5.69 Å². The number of rotatable bonds is 4. The summed E-state index contributed by atoms with van der Waals surface area (Å²) in [6.45, 7) is 0.819. The molecule has 0 saturated heterocycles. The summed E-state index contributed by atoms with van der Waals surface area (Å²) in [6.07, 6.45) is -2.93. The summed E-state index contributed by atoms with van der Waals surface area (Å²) >= 11 is 5.66. The average molecular weight is 245 g/mol. The van der Waals surface area contributed by atoms with E-state index in [1.54, 1.807) is 0 Å². The van der Waals surface area contributed by atoms with Crippen molar-refractivity contribution in [1.29, 1.82) is 0 Å². The highest BCUT2D eigenvalue weighted by atomic mass is 35.5. The quantitative estimate of drug-likeness (QED) is 0.629. The molecule has 3 N–H and O–H groups in total. The lowest BCUT2D eigenvalue weighted by molar-refractivity contribution is -0.141. The summed E-state index contributed by atoms with van der Waals surface area (Å²) in [5, 5.41) is 9.12. The van der Waals surface area contributed by atoms with Crippen molar-refractivity contribution >= 4 is 29.0 Å². The van der Waals surface area contributed by atoms with Crippen LogP contribution in [0.3, 0.4) is 0 Å². The van der Waals surface area contributed by atoms with Crippen LogP contribution in [0.5, 0.6) is 0 Å². The minimum Gasteiger partial charge on any atom is -0.481 e. The second kappa shape index (κ2) is 4.99. The number of ketones is 1. The van der Waals surface area contributed by atoms with E-state index < -0.39 is 24.0 Å². The van der Waals surface area contributed by atoms with E-state index in [1.165, 1.54) is 18.2 Å². The lowest BCUT2D eigenvalue weighted by atomic mass is 9.99. The van der Waals surface area contributed by atoms with Crippen molar-refractivity contribution in [3.05, 3.63) is 28.8 Å². The third-order valence-electron chi connectivity index (χ3n) is 1.88. The molecule has 16 heavy (non-hydrogen) atoms. The third kappa shape index (κ3) is 2.97. The highest BCUT2D eigenvalue weighted by Crippen LogP contribution is 2.20. The van der Waals surface area contributed by atoms with Gasteiger partial charge in [-0.05, 0) is 18.2 Å². The highest BCUT2D eigenvalue weighted by Gasteiger charge is 2.18. The standard InChI is InChI=1S/C11H12ClNO3/c1-6(11(15)16)4-10(14)8-3-2-7(12)5-9(8)13/h2-3,5-6H,4,13H2,1H3,(H,15,16)/i4D2,6D. The van der Waals surface area contributed by atoms with Gasteiger partial charge < -0.3 is 10.8 Å². The lowest BCUT2D eigenvalue weighted by Gasteiger charge is -2.07. The normalized spacial score (nSPS) is 17.8. The van der Waals surface area contributed by atoms with Crippen LogP contribution in [0.2, 0.25) is 5.02 Å². The molecule has 0 aliphatic heterocycles. The predicted octanol–water partition coefficient (Wildman–Crippen LogP) is 2.22. The van der Waals surface area contributed by atoms with E-state index in [-0.39, 0.29) is 16.3 Å². The Morgan fingerprint density at radius 2 is 2.31 bits per heavy atom. The molecule has 4 nitrogen and oxygen atoms in total. The van der Waals surface area contributed by atoms with Crippen LogP contribution >= 0.6 is 11.6 Å². The van der Waals surface area contributed by atoms with Crippen LogP contribution in [0.25, 0.3) is 0 Å². The van der Waals surface area contributed by atoms with Crippen molar-refractivity contribution in [2.45, 2.75) is 13.3 Å². The molecule has 0 heterocycles. The average Bonchev–Trinajstić information content (AvgIpc) is 2.27. The Morgan fingerprint density at radius 3 is 2.81 bits per heavy atom. The number of halogens is 1. The van der Waals surface area contributed by atoms with Gasteiger partial charge in [-0.2, -0.15) is 0 Å². The van der Waals surface area contributed by atoms with E-state index in [0.29, 0.717) is 0 Å². The van der Waals surface area contributed by atoms with Crippen molar-refractivity contribution < 1.29 is 18.8 Å². The Kier molecular flexibility index (Phi) is 2.67. The van der Waals surface area contributed by atoms with Crippen molar-refractivity contribution in [2.24, 2.45) is 5.89 Å². The Labute approximate surface area is 102 Å². The van der Waals surface area contributed by atoms with Crippen LogP contribution in [0.15, 0.2) is 18.2 Å². The highest BCUT2D eigenvalue weighted by molar-refractivity contribution is 6.31. The topological polar surface area (TPSA) is 80.4 Å². The van der Waals surface area contributed by atoms with Gasteiger partial charge in [0.25, 0.3) is 0 Å². The maximum absolute atomic E-state index is 12.1. The Morgan fingerprint density at radius 1 is 1.69 bits per heavy atom. The Balaban J connectivity index is 3.29. The largest absolute Gasteiger partial charge is 0.481 e. The van der Waals surface area contributed by atoms with Crippen molar-refractivity contribution in [3.63, 3.8) is 0 Å². The summed E-state index contributed by atoms with van der Waals surface area (Å²) in [4.78, 5) is 23.0. The van der Waals surface area contributed by atoms with Gasteiger partial charge in [0, 0.05) is 26.8 Å². The number of carbonyl (C=O) groups is 2. The van der Waals surface area contributed by atoms with Gasteiger partial charge >= 0.3 is 5.97 Å². The molecule has 1 atom stereocenters. The molecular formula is C11H12ClNO3. The summed E-state index contributed by atoms with van der Waals surface area (Å²) in [6, 6.07) is 3.80. The predicted molar refractivity (Wildman–Crippen MR) is 61.6 cm³/mol. The third-order valence-corrected chi connectivity index (χ3v) is 2.12. The van der Waals surface area contributed by atoms with Crippen LogP contribution < -0.4 is 5.73 Å². The monoisotopic (exact) mass is 244 g/mol. The van der Waals surface area contributed by atoms with Gasteiger partial charge in [-0.25, -0.2) is 0 Å². The first-order valence-corrected chi connectivity index (χ1v) is 4.73. The number of nitrogen functional groups attached to an aromatic ring is 1. The smallest absolute Gasteiger partial charge is 0.306 e. The van der Waals surface area contributed by atoms with Gasteiger partial charge in [-0.15, -0.1) is 0 Å². The van der Waals surface area contributed by atoms with Crippen molar-refractivity contribution in [1.82, 2.24) is 0 Å². The number of carboxylic acids is 1. The molecule has 1 unspecified atom stereocenters. The number of anilines is 1. The molecule has 86 valence electrons. The Bertz CT molecular complexity index is 546. The number of hydrogen-bond donors (Lipinski definition) is 2. The SMILES string of the molecule is [2H]C([2H])(C(=O)c1ccc(Cl)cc1N)C([2H])(C)C(=O)O. The van der Waals surface area contributed by atoms with Gasteiger partial charge in [-0.3, -0.25) is 9.59 Å². The van der Waals surface area contributed by atoms with Crippen LogP contribution in [-0.2, 0) is 4.79 Å². The number of benzene rings is 1. The molecule has 5 heteroatoms. The molecule has 0 radical (unpaired) electrons.